The molecule has 0 aliphatic carbocycles. The first-order valence-electron chi connectivity index (χ1n) is 5.93. The van der Waals surface area contributed by atoms with Crippen LogP contribution in [0.4, 0.5) is 5.69 Å². The standard InChI is InChI=1S/C13H19N3O/c1-16-7-6-10(8-12(16)15)13(17)9-2-4-11(14)5-3-9/h2-5,10,12H,6-8,14-15H2,1H3. The molecule has 92 valence electrons. The highest BCUT2D eigenvalue weighted by Crippen LogP contribution is 2.23. The number of nitrogen functional groups attached to an aromatic ring is 1. The highest BCUT2D eigenvalue weighted by Gasteiger charge is 2.28. The van der Waals surface area contributed by atoms with Crippen LogP contribution in [-0.2, 0) is 0 Å². The fourth-order valence-electron chi connectivity index (χ4n) is 2.24. The number of piperidine rings is 1. The van der Waals surface area contributed by atoms with Crippen LogP contribution in [0.1, 0.15) is 23.2 Å². The summed E-state index contributed by atoms with van der Waals surface area (Å²) < 4.78 is 0. The number of nitrogens with two attached hydrogens (primary N) is 2. The van der Waals surface area contributed by atoms with Gasteiger partial charge in [-0.2, -0.15) is 0 Å². The van der Waals surface area contributed by atoms with Crippen molar-refractivity contribution in [2.24, 2.45) is 11.7 Å². The molecule has 4 nitrogen and oxygen atoms in total. The zero-order chi connectivity index (χ0) is 12.4. The number of anilines is 1. The second-order valence-corrected chi connectivity index (χ2v) is 4.76. The third-order valence-electron chi connectivity index (χ3n) is 3.49. The Morgan fingerprint density at radius 1 is 1.35 bits per heavy atom. The van der Waals surface area contributed by atoms with E-state index >= 15 is 0 Å². The Morgan fingerprint density at radius 2 is 2.00 bits per heavy atom. The molecule has 0 saturated carbocycles. The van der Waals surface area contributed by atoms with Gasteiger partial charge in [0.15, 0.2) is 5.78 Å². The summed E-state index contributed by atoms with van der Waals surface area (Å²) in [5.41, 5.74) is 13.0. The second kappa shape index (κ2) is 4.85. The van der Waals surface area contributed by atoms with E-state index in [0.717, 1.165) is 24.9 Å². The number of rotatable bonds is 2. The zero-order valence-corrected chi connectivity index (χ0v) is 10.1. The maximum absolute atomic E-state index is 12.2. The summed E-state index contributed by atoms with van der Waals surface area (Å²) in [5, 5.41) is 0. The molecule has 4 heteroatoms. The summed E-state index contributed by atoms with van der Waals surface area (Å²) >= 11 is 0. The van der Waals surface area contributed by atoms with Gasteiger partial charge in [0.25, 0.3) is 0 Å². The normalized spacial score (nSPS) is 25.8. The molecule has 0 spiro atoms. The van der Waals surface area contributed by atoms with Gasteiger partial charge in [-0.15, -0.1) is 0 Å². The number of ketones is 1. The quantitative estimate of drug-likeness (QED) is 0.592. The minimum absolute atomic E-state index is 0.00789. The average molecular weight is 233 g/mol. The molecule has 17 heavy (non-hydrogen) atoms. The van der Waals surface area contributed by atoms with Gasteiger partial charge in [-0.05, 0) is 44.2 Å². The summed E-state index contributed by atoms with van der Waals surface area (Å²) in [6.07, 6.45) is 1.61. The van der Waals surface area contributed by atoms with Gasteiger partial charge in [-0.3, -0.25) is 9.69 Å². The molecule has 1 aromatic carbocycles. The van der Waals surface area contributed by atoms with Gasteiger partial charge in [-0.1, -0.05) is 0 Å². The third kappa shape index (κ3) is 2.65. The largest absolute Gasteiger partial charge is 0.399 e. The number of carbonyl (C=O) groups excluding carboxylic acids is 1. The first-order chi connectivity index (χ1) is 8.08. The van der Waals surface area contributed by atoms with Crippen LogP contribution in [0.5, 0.6) is 0 Å². The summed E-state index contributed by atoms with van der Waals surface area (Å²) in [7, 11) is 1.99. The molecule has 1 aromatic rings. The van der Waals surface area contributed by atoms with Gasteiger partial charge in [0, 0.05) is 23.7 Å². The Labute approximate surface area is 102 Å². The minimum Gasteiger partial charge on any atom is -0.399 e. The number of likely N-dealkylation sites (tertiary alicyclic amines) is 1. The SMILES string of the molecule is CN1CCC(C(=O)c2ccc(N)cc2)CC1N. The van der Waals surface area contributed by atoms with E-state index in [-0.39, 0.29) is 17.9 Å². The fraction of sp³-hybridized carbons (Fsp3) is 0.462. The van der Waals surface area contributed by atoms with Gasteiger partial charge < -0.3 is 11.5 Å². The van der Waals surface area contributed by atoms with Crippen LogP contribution < -0.4 is 11.5 Å². The van der Waals surface area contributed by atoms with Crippen LogP contribution >= 0.6 is 0 Å². The number of carbonyl (C=O) groups is 1. The van der Waals surface area contributed by atoms with Crippen LogP contribution in [0.2, 0.25) is 0 Å². The molecule has 1 saturated heterocycles. The lowest BCUT2D eigenvalue weighted by Gasteiger charge is -2.33. The van der Waals surface area contributed by atoms with E-state index < -0.39 is 0 Å². The van der Waals surface area contributed by atoms with Crippen molar-refractivity contribution in [2.75, 3.05) is 19.3 Å². The van der Waals surface area contributed by atoms with Gasteiger partial charge in [-0.25, -0.2) is 0 Å². The maximum Gasteiger partial charge on any atom is 0.166 e. The van der Waals surface area contributed by atoms with Crippen LogP contribution in [0.25, 0.3) is 0 Å². The number of hydrogen-bond acceptors (Lipinski definition) is 4. The van der Waals surface area contributed by atoms with Crippen molar-refractivity contribution < 1.29 is 4.79 Å². The molecule has 2 atom stereocenters. The van der Waals surface area contributed by atoms with Crippen LogP contribution in [0.15, 0.2) is 24.3 Å². The molecular weight excluding hydrogens is 214 g/mol. The third-order valence-corrected chi connectivity index (χ3v) is 3.49. The van der Waals surface area contributed by atoms with Crippen LogP contribution in [-0.4, -0.2) is 30.4 Å². The van der Waals surface area contributed by atoms with Gasteiger partial charge >= 0.3 is 0 Å². The molecule has 0 bridgehead atoms. The highest BCUT2D eigenvalue weighted by molar-refractivity contribution is 5.98. The first-order valence-corrected chi connectivity index (χ1v) is 5.93. The summed E-state index contributed by atoms with van der Waals surface area (Å²) in [5.74, 6) is 0.235. The smallest absolute Gasteiger partial charge is 0.166 e. The highest BCUT2D eigenvalue weighted by atomic mass is 16.1. The van der Waals surface area contributed by atoms with Crippen molar-refractivity contribution in [1.82, 2.24) is 4.90 Å². The first kappa shape index (κ1) is 12.1. The molecule has 1 aliphatic heterocycles. The van der Waals surface area contributed by atoms with E-state index in [1.807, 2.05) is 7.05 Å². The van der Waals surface area contributed by atoms with E-state index in [9.17, 15) is 4.79 Å². The van der Waals surface area contributed by atoms with Crippen molar-refractivity contribution >= 4 is 11.5 Å². The maximum atomic E-state index is 12.2. The molecule has 1 fully saturated rings. The van der Waals surface area contributed by atoms with E-state index in [1.54, 1.807) is 24.3 Å². The zero-order valence-electron chi connectivity index (χ0n) is 10.1. The minimum atomic E-state index is -0.00789. The van der Waals surface area contributed by atoms with Crippen LogP contribution in [0.3, 0.4) is 0 Å². The van der Waals surface area contributed by atoms with Gasteiger partial charge in [0.2, 0.25) is 0 Å². The molecule has 2 rings (SSSR count). The lowest BCUT2D eigenvalue weighted by molar-refractivity contribution is 0.0789. The van der Waals surface area contributed by atoms with Crippen molar-refractivity contribution in [3.8, 4) is 0 Å². The van der Waals surface area contributed by atoms with E-state index in [2.05, 4.69) is 4.90 Å². The van der Waals surface area contributed by atoms with Gasteiger partial charge in [0.1, 0.15) is 0 Å². The summed E-state index contributed by atoms with van der Waals surface area (Å²) in [6.45, 7) is 0.881. The summed E-state index contributed by atoms with van der Waals surface area (Å²) in [6, 6.07) is 7.12. The number of Topliss-reactive ketones (excluding diaryl/α,β-unsaturated/α-hetero) is 1. The Balaban J connectivity index is 2.08. The molecule has 0 amide bonds. The molecule has 0 aromatic heterocycles. The molecular formula is C13H19N3O. The van der Waals surface area contributed by atoms with Gasteiger partial charge in [0.05, 0.1) is 6.17 Å². The molecule has 1 aliphatic rings. The number of hydrogen-bond donors (Lipinski definition) is 2. The van der Waals surface area contributed by atoms with Crippen LogP contribution in [0, 0.1) is 5.92 Å². The second-order valence-electron chi connectivity index (χ2n) is 4.76. The molecule has 1 heterocycles. The lowest BCUT2D eigenvalue weighted by atomic mass is 9.87. The monoisotopic (exact) mass is 233 g/mol. The molecule has 0 radical (unpaired) electrons. The van der Waals surface area contributed by atoms with E-state index in [4.69, 9.17) is 11.5 Å². The fourth-order valence-corrected chi connectivity index (χ4v) is 2.24. The number of nitrogens with zero attached hydrogens (tertiary/aromatic N) is 1. The Kier molecular flexibility index (Phi) is 3.45. The molecule has 2 unspecified atom stereocenters. The van der Waals surface area contributed by atoms with Crippen molar-refractivity contribution in [3.05, 3.63) is 29.8 Å². The van der Waals surface area contributed by atoms with E-state index in [1.165, 1.54) is 0 Å². The number of benzene rings is 1. The Bertz CT molecular complexity index is 402. The Morgan fingerprint density at radius 3 is 2.59 bits per heavy atom. The van der Waals surface area contributed by atoms with Crippen molar-refractivity contribution in [1.29, 1.82) is 0 Å². The topological polar surface area (TPSA) is 72.3 Å². The summed E-state index contributed by atoms with van der Waals surface area (Å²) in [4.78, 5) is 14.3. The van der Waals surface area contributed by atoms with Crippen molar-refractivity contribution in [3.63, 3.8) is 0 Å². The Hall–Kier alpha value is -1.39. The average Bonchev–Trinajstić information content (AvgIpc) is 2.33. The lowest BCUT2D eigenvalue weighted by Crippen LogP contribution is -2.47. The van der Waals surface area contributed by atoms with Crippen molar-refractivity contribution in [2.45, 2.75) is 19.0 Å². The van der Waals surface area contributed by atoms with E-state index in [0.29, 0.717) is 5.69 Å². The predicted octanol–water partition coefficient (Wildman–Crippen LogP) is 1.08. The molecule has 4 N–H and O–H groups in total. The predicted molar refractivity (Wildman–Crippen MR) is 68.5 cm³/mol.